The summed E-state index contributed by atoms with van der Waals surface area (Å²) in [4.78, 5) is 10.6. The Bertz CT molecular complexity index is 423. The van der Waals surface area contributed by atoms with E-state index in [0.29, 0.717) is 10.2 Å². The molecule has 0 radical (unpaired) electrons. The van der Waals surface area contributed by atoms with Gasteiger partial charge in [0.25, 0.3) is 0 Å². The highest BCUT2D eigenvalue weighted by Gasteiger charge is 2.12. The summed E-state index contributed by atoms with van der Waals surface area (Å²) >= 11 is 3.13. The van der Waals surface area contributed by atoms with E-state index in [1.54, 1.807) is 0 Å². The van der Waals surface area contributed by atoms with Crippen molar-refractivity contribution in [2.24, 2.45) is 0 Å². The minimum atomic E-state index is -1.08. The second-order valence-corrected chi connectivity index (χ2v) is 3.31. The van der Waals surface area contributed by atoms with Gasteiger partial charge in [0.1, 0.15) is 6.07 Å². The molecule has 0 aliphatic carbocycles. The van der Waals surface area contributed by atoms with Gasteiger partial charge in [-0.2, -0.15) is 5.26 Å². The van der Waals surface area contributed by atoms with Gasteiger partial charge in [-0.05, 0) is 28.1 Å². The van der Waals surface area contributed by atoms with Crippen LogP contribution in [0.1, 0.15) is 15.9 Å². The maximum atomic E-state index is 10.6. The van der Waals surface area contributed by atoms with Crippen LogP contribution >= 0.6 is 15.9 Å². The van der Waals surface area contributed by atoms with Crippen molar-refractivity contribution in [2.45, 2.75) is 0 Å². The van der Waals surface area contributed by atoms with Crippen LogP contribution in [0.2, 0.25) is 0 Å². The summed E-state index contributed by atoms with van der Waals surface area (Å²) in [5, 5.41) is 17.5. The second kappa shape index (κ2) is 4.11. The van der Waals surface area contributed by atoms with Crippen LogP contribution in [-0.4, -0.2) is 18.2 Å². The van der Waals surface area contributed by atoms with Gasteiger partial charge in [0.2, 0.25) is 0 Å². The first-order chi connectivity index (χ1) is 6.60. The van der Waals surface area contributed by atoms with Crippen LogP contribution in [0.4, 0.5) is 0 Å². The maximum Gasteiger partial charge on any atom is 0.335 e. The lowest BCUT2D eigenvalue weighted by Crippen LogP contribution is -1.99. The summed E-state index contributed by atoms with van der Waals surface area (Å²) in [7, 11) is 1.42. The molecule has 1 N–H and O–H groups in total. The van der Waals surface area contributed by atoms with Gasteiger partial charge >= 0.3 is 5.97 Å². The molecule has 1 rings (SSSR count). The Balaban J connectivity index is 3.41. The van der Waals surface area contributed by atoms with Gasteiger partial charge < -0.3 is 9.84 Å². The smallest absolute Gasteiger partial charge is 0.335 e. The third-order valence-electron chi connectivity index (χ3n) is 1.62. The third-order valence-corrected chi connectivity index (χ3v) is 2.20. The number of carboxylic acid groups (broad SMARTS) is 1. The van der Waals surface area contributed by atoms with Crippen LogP contribution in [0.3, 0.4) is 0 Å². The quantitative estimate of drug-likeness (QED) is 0.878. The second-order valence-electron chi connectivity index (χ2n) is 2.46. The van der Waals surface area contributed by atoms with Crippen LogP contribution in [0, 0.1) is 11.3 Å². The van der Waals surface area contributed by atoms with Crippen molar-refractivity contribution in [3.8, 4) is 11.8 Å². The van der Waals surface area contributed by atoms with Crippen LogP contribution in [0.5, 0.6) is 5.75 Å². The zero-order chi connectivity index (χ0) is 10.7. The van der Waals surface area contributed by atoms with Gasteiger partial charge in [0.05, 0.1) is 22.7 Å². The number of carboxylic acids is 1. The Morgan fingerprint density at radius 2 is 2.29 bits per heavy atom. The van der Waals surface area contributed by atoms with Crippen molar-refractivity contribution in [3.63, 3.8) is 0 Å². The molecular weight excluding hydrogens is 250 g/mol. The Labute approximate surface area is 88.9 Å². The standard InChI is InChI=1S/C9H6BrNO3/c1-14-8-6(4-11)2-5(9(12)13)3-7(8)10/h2-3H,1H3,(H,12,13). The first kappa shape index (κ1) is 10.5. The zero-order valence-electron chi connectivity index (χ0n) is 7.24. The van der Waals surface area contributed by atoms with Gasteiger partial charge in [0.15, 0.2) is 5.75 Å². The predicted octanol–water partition coefficient (Wildman–Crippen LogP) is 2.03. The molecule has 0 atom stereocenters. The monoisotopic (exact) mass is 255 g/mol. The van der Waals surface area contributed by atoms with Crippen LogP contribution in [-0.2, 0) is 0 Å². The summed E-state index contributed by atoms with van der Waals surface area (Å²) in [6.45, 7) is 0. The topological polar surface area (TPSA) is 70.3 Å². The number of carbonyl (C=O) groups is 1. The fourth-order valence-corrected chi connectivity index (χ4v) is 1.63. The average Bonchev–Trinajstić information content (AvgIpc) is 2.16. The molecule has 0 aliphatic rings. The van der Waals surface area contributed by atoms with E-state index in [0.717, 1.165) is 0 Å². The van der Waals surface area contributed by atoms with Crippen molar-refractivity contribution in [1.29, 1.82) is 5.26 Å². The number of hydrogen-bond acceptors (Lipinski definition) is 3. The summed E-state index contributed by atoms with van der Waals surface area (Å²) in [5.74, 6) is -0.734. The van der Waals surface area contributed by atoms with E-state index < -0.39 is 5.97 Å². The van der Waals surface area contributed by atoms with Crippen LogP contribution in [0.15, 0.2) is 16.6 Å². The van der Waals surface area contributed by atoms with Crippen molar-refractivity contribution >= 4 is 21.9 Å². The first-order valence-corrected chi connectivity index (χ1v) is 4.40. The largest absolute Gasteiger partial charge is 0.494 e. The van der Waals surface area contributed by atoms with E-state index >= 15 is 0 Å². The molecule has 1 aromatic rings. The van der Waals surface area contributed by atoms with E-state index in [4.69, 9.17) is 15.1 Å². The average molecular weight is 256 g/mol. The Kier molecular flexibility index (Phi) is 3.10. The zero-order valence-corrected chi connectivity index (χ0v) is 8.83. The van der Waals surface area contributed by atoms with Crippen molar-refractivity contribution in [3.05, 3.63) is 27.7 Å². The molecule has 5 heteroatoms. The molecule has 14 heavy (non-hydrogen) atoms. The number of benzene rings is 1. The molecule has 0 bridgehead atoms. The molecule has 0 saturated heterocycles. The van der Waals surface area contributed by atoms with Gasteiger partial charge in [-0.1, -0.05) is 0 Å². The van der Waals surface area contributed by atoms with Gasteiger partial charge in [0, 0.05) is 0 Å². The summed E-state index contributed by atoms with van der Waals surface area (Å²) < 4.78 is 5.39. The van der Waals surface area contributed by atoms with E-state index in [9.17, 15) is 4.79 Å². The maximum absolute atomic E-state index is 10.6. The minimum Gasteiger partial charge on any atom is -0.494 e. The van der Waals surface area contributed by atoms with Crippen molar-refractivity contribution < 1.29 is 14.6 Å². The van der Waals surface area contributed by atoms with Gasteiger partial charge in [-0.3, -0.25) is 0 Å². The molecule has 4 nitrogen and oxygen atoms in total. The van der Waals surface area contributed by atoms with Crippen LogP contribution in [0.25, 0.3) is 0 Å². The minimum absolute atomic E-state index is 0.0502. The number of ether oxygens (including phenoxy) is 1. The first-order valence-electron chi connectivity index (χ1n) is 3.61. The number of aromatic carboxylic acids is 1. The molecule has 1 aromatic carbocycles. The predicted molar refractivity (Wildman–Crippen MR) is 52.4 cm³/mol. The lowest BCUT2D eigenvalue weighted by molar-refractivity contribution is 0.0696. The highest BCUT2D eigenvalue weighted by molar-refractivity contribution is 9.10. The number of nitriles is 1. The molecule has 0 heterocycles. The molecule has 0 aliphatic heterocycles. The SMILES string of the molecule is COc1c(Br)cc(C(=O)O)cc1C#N. The van der Waals surface area contributed by atoms with E-state index in [1.807, 2.05) is 6.07 Å². The molecule has 0 aromatic heterocycles. The molecule has 0 saturated carbocycles. The molecule has 0 unspecified atom stereocenters. The summed E-state index contributed by atoms with van der Waals surface area (Å²) in [6, 6.07) is 4.52. The molecular formula is C9H6BrNO3. The summed E-state index contributed by atoms with van der Waals surface area (Å²) in [6.07, 6.45) is 0. The highest BCUT2D eigenvalue weighted by atomic mass is 79.9. The lowest BCUT2D eigenvalue weighted by Gasteiger charge is -2.06. The Morgan fingerprint density at radius 1 is 1.64 bits per heavy atom. The molecule has 0 fully saturated rings. The summed E-state index contributed by atoms with van der Waals surface area (Å²) in [5.41, 5.74) is 0.244. The fraction of sp³-hybridized carbons (Fsp3) is 0.111. The molecule has 0 spiro atoms. The number of methoxy groups -OCH3 is 1. The Hall–Kier alpha value is -1.54. The van der Waals surface area contributed by atoms with Crippen molar-refractivity contribution in [1.82, 2.24) is 0 Å². The normalized spacial score (nSPS) is 9.21. The number of hydrogen-bond donors (Lipinski definition) is 1. The van der Waals surface area contributed by atoms with Crippen LogP contribution < -0.4 is 4.74 Å². The Morgan fingerprint density at radius 3 is 2.71 bits per heavy atom. The van der Waals surface area contributed by atoms with E-state index in [-0.39, 0.29) is 11.1 Å². The number of nitrogens with zero attached hydrogens (tertiary/aromatic N) is 1. The van der Waals surface area contributed by atoms with Crippen molar-refractivity contribution in [2.75, 3.05) is 7.11 Å². The number of halogens is 1. The number of rotatable bonds is 2. The van der Waals surface area contributed by atoms with E-state index in [2.05, 4.69) is 15.9 Å². The molecule has 0 amide bonds. The third kappa shape index (κ3) is 1.86. The van der Waals surface area contributed by atoms with Gasteiger partial charge in [-0.15, -0.1) is 0 Å². The van der Waals surface area contributed by atoms with E-state index in [1.165, 1.54) is 19.2 Å². The lowest BCUT2D eigenvalue weighted by atomic mass is 10.1. The molecule has 72 valence electrons. The highest BCUT2D eigenvalue weighted by Crippen LogP contribution is 2.29. The fourth-order valence-electron chi connectivity index (χ4n) is 1.01. The van der Waals surface area contributed by atoms with Gasteiger partial charge in [-0.25, -0.2) is 4.79 Å².